The fourth-order valence-electron chi connectivity index (χ4n) is 1.87. The Balaban J connectivity index is 1.58. The number of nitrogens with zero attached hydrogens (tertiary/aromatic N) is 2. The Morgan fingerprint density at radius 3 is 3.10 bits per heavy atom. The number of aromatic nitrogens is 2. The van der Waals surface area contributed by atoms with E-state index in [1.807, 2.05) is 16.8 Å². The predicted octanol–water partition coefficient (Wildman–Crippen LogP) is 2.49. The quantitative estimate of drug-likeness (QED) is 0.678. The van der Waals surface area contributed by atoms with Crippen LogP contribution in [0, 0.1) is 0 Å². The van der Waals surface area contributed by atoms with Gasteiger partial charge < -0.3 is 4.74 Å². The highest BCUT2D eigenvalue weighted by Crippen LogP contribution is 2.10. The summed E-state index contributed by atoms with van der Waals surface area (Å²) in [6.07, 6.45) is 2.67. The molecule has 0 aliphatic heterocycles. The smallest absolute Gasteiger partial charge is 0.306 e. The lowest BCUT2D eigenvalue weighted by molar-refractivity contribution is -0.145. The van der Waals surface area contributed by atoms with Crippen molar-refractivity contribution >= 4 is 33.6 Å². The van der Waals surface area contributed by atoms with Crippen molar-refractivity contribution < 1.29 is 9.53 Å². The number of thiazole rings is 1. The minimum Gasteiger partial charge on any atom is -0.459 e. The highest BCUT2D eigenvalue weighted by atomic mass is 32.1. The van der Waals surface area contributed by atoms with Gasteiger partial charge in [0.15, 0.2) is 4.96 Å². The summed E-state index contributed by atoms with van der Waals surface area (Å²) in [7, 11) is 0. The summed E-state index contributed by atoms with van der Waals surface area (Å²) in [4.78, 5) is 28.3. The first-order valence-electron chi connectivity index (χ1n) is 6.35. The monoisotopic (exact) mass is 320 g/mol. The fraction of sp³-hybridized carbons (Fsp3) is 0.214. The molecule has 7 heteroatoms. The van der Waals surface area contributed by atoms with Gasteiger partial charge in [0.1, 0.15) is 6.61 Å². The lowest BCUT2D eigenvalue weighted by Gasteiger charge is -2.04. The van der Waals surface area contributed by atoms with E-state index in [1.165, 1.54) is 21.8 Å². The summed E-state index contributed by atoms with van der Waals surface area (Å²) >= 11 is 2.98. The summed E-state index contributed by atoms with van der Waals surface area (Å²) in [5.74, 6) is -0.283. The molecule has 0 amide bonds. The summed E-state index contributed by atoms with van der Waals surface area (Å²) in [6, 6.07) is 3.39. The van der Waals surface area contributed by atoms with E-state index in [2.05, 4.69) is 4.98 Å². The van der Waals surface area contributed by atoms with Gasteiger partial charge in [0.25, 0.3) is 5.56 Å². The first-order chi connectivity index (χ1) is 10.2. The largest absolute Gasteiger partial charge is 0.459 e. The van der Waals surface area contributed by atoms with Crippen LogP contribution in [0.1, 0.15) is 17.7 Å². The molecule has 108 valence electrons. The maximum absolute atomic E-state index is 11.8. The molecule has 21 heavy (non-hydrogen) atoms. The molecule has 0 aliphatic carbocycles. The standard InChI is InChI=1S/C14H12N2O3S2/c17-12-7-11(15-14-16(12)4-6-21-14)8-19-13(18)2-1-10-3-5-20-9-10/h3-7,9H,1-2,8H2. The SMILES string of the molecule is O=C(CCc1ccsc1)OCc1cc(=O)n2ccsc2n1. The van der Waals surface area contributed by atoms with Crippen molar-refractivity contribution in [3.05, 3.63) is 56.1 Å². The molecule has 0 spiro atoms. The van der Waals surface area contributed by atoms with E-state index >= 15 is 0 Å². The Morgan fingerprint density at radius 2 is 2.29 bits per heavy atom. The Morgan fingerprint density at radius 1 is 1.38 bits per heavy atom. The van der Waals surface area contributed by atoms with E-state index < -0.39 is 0 Å². The van der Waals surface area contributed by atoms with Crippen molar-refractivity contribution in [3.63, 3.8) is 0 Å². The summed E-state index contributed by atoms with van der Waals surface area (Å²) in [5, 5.41) is 5.79. The third-order valence-electron chi connectivity index (χ3n) is 2.94. The van der Waals surface area contributed by atoms with Crippen LogP contribution >= 0.6 is 22.7 Å². The van der Waals surface area contributed by atoms with E-state index in [-0.39, 0.29) is 18.1 Å². The topological polar surface area (TPSA) is 60.7 Å². The second-order valence-corrected chi connectivity index (χ2v) is 6.09. The van der Waals surface area contributed by atoms with E-state index in [4.69, 9.17) is 4.74 Å². The van der Waals surface area contributed by atoms with Gasteiger partial charge in [0.05, 0.1) is 5.69 Å². The van der Waals surface area contributed by atoms with Crippen LogP contribution in [-0.4, -0.2) is 15.4 Å². The molecular formula is C14H12N2O3S2. The van der Waals surface area contributed by atoms with Crippen LogP contribution in [0.5, 0.6) is 0 Å². The zero-order valence-electron chi connectivity index (χ0n) is 11.0. The molecule has 0 saturated carbocycles. The van der Waals surface area contributed by atoms with Crippen LogP contribution < -0.4 is 5.56 Å². The average Bonchev–Trinajstić information content (AvgIpc) is 3.14. The molecule has 3 rings (SSSR count). The van der Waals surface area contributed by atoms with Crippen LogP contribution in [0.2, 0.25) is 0 Å². The molecule has 0 atom stereocenters. The number of rotatable bonds is 5. The molecule has 0 bridgehead atoms. The highest BCUT2D eigenvalue weighted by Gasteiger charge is 2.08. The number of thiophene rings is 1. The normalized spacial score (nSPS) is 10.9. The maximum Gasteiger partial charge on any atom is 0.306 e. The summed E-state index contributed by atoms with van der Waals surface area (Å²) in [5.41, 5.74) is 1.45. The number of esters is 1. The molecule has 3 aromatic heterocycles. The molecule has 0 saturated heterocycles. The van der Waals surface area contributed by atoms with Crippen LogP contribution in [0.3, 0.4) is 0 Å². The lowest BCUT2D eigenvalue weighted by Crippen LogP contribution is -2.14. The van der Waals surface area contributed by atoms with E-state index in [9.17, 15) is 9.59 Å². The molecule has 3 aromatic rings. The number of ether oxygens (including phenoxy) is 1. The third-order valence-corrected chi connectivity index (χ3v) is 4.42. The van der Waals surface area contributed by atoms with Crippen LogP contribution in [-0.2, 0) is 22.6 Å². The number of aryl methyl sites for hydroxylation is 1. The Hall–Kier alpha value is -1.99. The van der Waals surface area contributed by atoms with E-state index in [0.717, 1.165) is 5.56 Å². The Bertz CT molecular complexity index is 805. The lowest BCUT2D eigenvalue weighted by atomic mass is 10.2. The molecule has 0 aliphatic rings. The minimum absolute atomic E-state index is 0.0338. The van der Waals surface area contributed by atoms with Crippen molar-refractivity contribution in [3.8, 4) is 0 Å². The van der Waals surface area contributed by atoms with Crippen LogP contribution in [0.15, 0.2) is 39.3 Å². The van der Waals surface area contributed by atoms with E-state index in [0.29, 0.717) is 23.5 Å². The van der Waals surface area contributed by atoms with Gasteiger partial charge in [0, 0.05) is 24.1 Å². The Kier molecular flexibility index (Phi) is 4.12. The minimum atomic E-state index is -0.283. The third kappa shape index (κ3) is 3.37. The van der Waals surface area contributed by atoms with Gasteiger partial charge in [-0.25, -0.2) is 4.98 Å². The van der Waals surface area contributed by atoms with Crippen molar-refractivity contribution in [2.75, 3.05) is 0 Å². The molecule has 0 fully saturated rings. The zero-order valence-corrected chi connectivity index (χ0v) is 12.7. The molecule has 3 heterocycles. The number of hydrogen-bond acceptors (Lipinski definition) is 6. The maximum atomic E-state index is 11.8. The van der Waals surface area contributed by atoms with Gasteiger partial charge in [-0.15, -0.1) is 11.3 Å². The van der Waals surface area contributed by atoms with Crippen molar-refractivity contribution in [1.82, 2.24) is 9.38 Å². The first kappa shape index (κ1) is 14.0. The first-order valence-corrected chi connectivity index (χ1v) is 8.17. The number of fused-ring (bicyclic) bond motifs is 1. The van der Waals surface area contributed by atoms with Crippen LogP contribution in [0.25, 0.3) is 4.96 Å². The summed E-state index contributed by atoms with van der Waals surface area (Å²) < 4.78 is 6.63. The van der Waals surface area contributed by atoms with Crippen molar-refractivity contribution in [1.29, 1.82) is 0 Å². The van der Waals surface area contributed by atoms with Crippen molar-refractivity contribution in [2.24, 2.45) is 0 Å². The number of hydrogen-bond donors (Lipinski definition) is 0. The highest BCUT2D eigenvalue weighted by molar-refractivity contribution is 7.15. The van der Waals surface area contributed by atoms with Gasteiger partial charge in [-0.3, -0.25) is 14.0 Å². The molecular weight excluding hydrogens is 308 g/mol. The van der Waals surface area contributed by atoms with Gasteiger partial charge >= 0.3 is 5.97 Å². The van der Waals surface area contributed by atoms with Gasteiger partial charge in [-0.1, -0.05) is 0 Å². The van der Waals surface area contributed by atoms with Crippen LogP contribution in [0.4, 0.5) is 0 Å². The van der Waals surface area contributed by atoms with E-state index in [1.54, 1.807) is 22.9 Å². The molecule has 0 unspecified atom stereocenters. The fourth-order valence-corrected chi connectivity index (χ4v) is 3.31. The van der Waals surface area contributed by atoms with Gasteiger partial charge in [-0.05, 0) is 28.8 Å². The number of carbonyl (C=O) groups excluding carboxylic acids is 1. The second-order valence-electron chi connectivity index (χ2n) is 4.43. The number of carbonyl (C=O) groups is 1. The second kappa shape index (κ2) is 6.19. The summed E-state index contributed by atoms with van der Waals surface area (Å²) in [6.45, 7) is 0.0338. The average molecular weight is 320 g/mol. The molecule has 5 nitrogen and oxygen atoms in total. The Labute approximate surface area is 128 Å². The molecule has 0 aromatic carbocycles. The van der Waals surface area contributed by atoms with Gasteiger partial charge in [0.2, 0.25) is 0 Å². The molecule has 0 N–H and O–H groups in total. The zero-order chi connectivity index (χ0) is 14.7. The predicted molar refractivity (Wildman–Crippen MR) is 81.8 cm³/mol. The van der Waals surface area contributed by atoms with Crippen molar-refractivity contribution in [2.45, 2.75) is 19.4 Å². The van der Waals surface area contributed by atoms with Gasteiger partial charge in [-0.2, -0.15) is 11.3 Å². The molecule has 0 radical (unpaired) electrons.